The van der Waals surface area contributed by atoms with Crippen molar-refractivity contribution >= 4 is 23.5 Å². The fourth-order valence-corrected chi connectivity index (χ4v) is 3.51. The van der Waals surface area contributed by atoms with Crippen LogP contribution in [0.15, 0.2) is 35.9 Å². The third-order valence-electron chi connectivity index (χ3n) is 5.03. The summed E-state index contributed by atoms with van der Waals surface area (Å²) in [5.41, 5.74) is 3.75. The molecule has 0 bridgehead atoms. The minimum absolute atomic E-state index is 0.0705. The highest BCUT2D eigenvalue weighted by molar-refractivity contribution is 6.02. The Balaban J connectivity index is 2.09. The van der Waals surface area contributed by atoms with E-state index < -0.39 is 12.6 Å². The normalized spacial score (nSPS) is 12.2. The number of esters is 1. The summed E-state index contributed by atoms with van der Waals surface area (Å²) in [7, 11) is 5.48. The molecule has 2 rings (SSSR count). The average Bonchev–Trinajstić information content (AvgIpc) is 3.04. The second kappa shape index (κ2) is 10.6. The molecule has 1 heterocycles. The highest BCUT2D eigenvalue weighted by atomic mass is 16.5. The Bertz CT molecular complexity index is 1010. The van der Waals surface area contributed by atoms with Crippen LogP contribution in [0.2, 0.25) is 0 Å². The van der Waals surface area contributed by atoms with Gasteiger partial charge in [0.25, 0.3) is 0 Å². The molecule has 0 saturated heterocycles. The molecule has 31 heavy (non-hydrogen) atoms. The number of benzene rings is 1. The number of nitriles is 1. The molecule has 7 heteroatoms. The summed E-state index contributed by atoms with van der Waals surface area (Å²) in [4.78, 5) is 27.0. The lowest BCUT2D eigenvalue weighted by Gasteiger charge is -2.17. The van der Waals surface area contributed by atoms with Crippen LogP contribution in [-0.4, -0.2) is 50.7 Å². The summed E-state index contributed by atoms with van der Waals surface area (Å²) < 4.78 is 12.4. The van der Waals surface area contributed by atoms with Crippen LogP contribution in [-0.2, 0) is 14.3 Å². The maximum absolute atomic E-state index is 12.7. The van der Waals surface area contributed by atoms with Crippen LogP contribution >= 0.6 is 0 Å². The number of ketones is 1. The van der Waals surface area contributed by atoms with Crippen molar-refractivity contribution in [3.05, 3.63) is 58.4 Å². The molecule has 1 aromatic carbocycles. The second-order valence-corrected chi connectivity index (χ2v) is 7.61. The topological polar surface area (TPSA) is 84.6 Å². The SMILES string of the molecule is COC[C@H](C)n1c(C)cc(C(=O)COC(=O)/C(C#N)=C/c2ccc(N(C)C)cc2)c1C. The number of anilines is 1. The highest BCUT2D eigenvalue weighted by Crippen LogP contribution is 2.21. The van der Waals surface area contributed by atoms with E-state index in [2.05, 4.69) is 0 Å². The van der Waals surface area contributed by atoms with E-state index in [0.717, 1.165) is 17.1 Å². The van der Waals surface area contributed by atoms with Crippen LogP contribution < -0.4 is 4.90 Å². The molecule has 164 valence electrons. The van der Waals surface area contributed by atoms with E-state index in [1.165, 1.54) is 6.08 Å². The average molecular weight is 424 g/mol. The molecule has 0 amide bonds. The number of rotatable bonds is 9. The van der Waals surface area contributed by atoms with E-state index in [4.69, 9.17) is 9.47 Å². The van der Waals surface area contributed by atoms with E-state index >= 15 is 0 Å². The number of aryl methyl sites for hydroxylation is 1. The largest absolute Gasteiger partial charge is 0.453 e. The fourth-order valence-electron chi connectivity index (χ4n) is 3.51. The molecule has 1 aromatic heterocycles. The second-order valence-electron chi connectivity index (χ2n) is 7.61. The van der Waals surface area contributed by atoms with E-state index in [1.807, 2.05) is 62.5 Å². The molecule has 0 aliphatic rings. The number of hydrogen-bond donors (Lipinski definition) is 0. The van der Waals surface area contributed by atoms with Crippen LogP contribution in [0.25, 0.3) is 6.08 Å². The summed E-state index contributed by atoms with van der Waals surface area (Å²) in [6.07, 6.45) is 1.45. The van der Waals surface area contributed by atoms with Crippen LogP contribution in [0.3, 0.4) is 0 Å². The standard InChI is InChI=1S/C24H29N3O4/c1-16-11-22(18(3)27(16)17(2)14-30-6)23(28)15-31-24(29)20(13-25)12-19-7-9-21(10-8-19)26(4)5/h7-12,17H,14-15H2,1-6H3/b20-12+/t17-/m0/s1. The molecule has 0 aliphatic carbocycles. The smallest absolute Gasteiger partial charge is 0.349 e. The lowest BCUT2D eigenvalue weighted by atomic mass is 10.1. The number of carbonyl (C=O) groups is 2. The first-order valence-corrected chi connectivity index (χ1v) is 9.96. The number of hydrogen-bond acceptors (Lipinski definition) is 6. The minimum atomic E-state index is -0.825. The zero-order valence-electron chi connectivity index (χ0n) is 18.9. The number of nitrogens with zero attached hydrogens (tertiary/aromatic N) is 3. The maximum Gasteiger partial charge on any atom is 0.349 e. The monoisotopic (exact) mass is 423 g/mol. The Hall–Kier alpha value is -3.37. The molecule has 1 atom stereocenters. The van der Waals surface area contributed by atoms with Gasteiger partial charge < -0.3 is 18.9 Å². The number of ether oxygens (including phenoxy) is 2. The van der Waals surface area contributed by atoms with Crippen molar-refractivity contribution in [3.8, 4) is 6.07 Å². The van der Waals surface area contributed by atoms with Gasteiger partial charge in [0.2, 0.25) is 5.78 Å². The van der Waals surface area contributed by atoms with Crippen molar-refractivity contribution in [2.75, 3.05) is 39.3 Å². The highest BCUT2D eigenvalue weighted by Gasteiger charge is 2.20. The van der Waals surface area contributed by atoms with Gasteiger partial charge >= 0.3 is 5.97 Å². The Labute approximate surface area is 183 Å². The molecule has 0 unspecified atom stereocenters. The van der Waals surface area contributed by atoms with Crippen molar-refractivity contribution in [2.24, 2.45) is 0 Å². The molecule has 0 spiro atoms. The first-order chi connectivity index (χ1) is 14.7. The zero-order valence-corrected chi connectivity index (χ0v) is 18.9. The van der Waals surface area contributed by atoms with Crippen molar-refractivity contribution in [1.29, 1.82) is 5.26 Å². The van der Waals surface area contributed by atoms with Crippen LogP contribution in [0.1, 0.15) is 40.3 Å². The Kier molecular flexibility index (Phi) is 8.17. The molecule has 2 aromatic rings. The molecule has 0 radical (unpaired) electrons. The number of carbonyl (C=O) groups excluding carboxylic acids is 2. The quantitative estimate of drug-likeness (QED) is 0.265. The first kappa shape index (κ1) is 23.9. The fraction of sp³-hybridized carbons (Fsp3) is 0.375. The van der Waals surface area contributed by atoms with E-state index in [9.17, 15) is 14.9 Å². The Morgan fingerprint density at radius 3 is 2.42 bits per heavy atom. The van der Waals surface area contributed by atoms with E-state index in [1.54, 1.807) is 25.3 Å². The van der Waals surface area contributed by atoms with E-state index in [0.29, 0.717) is 17.7 Å². The minimum Gasteiger partial charge on any atom is -0.453 e. The van der Waals surface area contributed by atoms with Gasteiger partial charge in [-0.05, 0) is 50.6 Å². The lowest BCUT2D eigenvalue weighted by molar-refractivity contribution is -0.137. The van der Waals surface area contributed by atoms with Crippen LogP contribution in [0.5, 0.6) is 0 Å². The number of methoxy groups -OCH3 is 1. The van der Waals surface area contributed by atoms with Crippen molar-refractivity contribution in [3.63, 3.8) is 0 Å². The molecular weight excluding hydrogens is 394 g/mol. The molecule has 0 fully saturated rings. The van der Waals surface area contributed by atoms with Gasteiger partial charge in [-0.15, -0.1) is 0 Å². The van der Waals surface area contributed by atoms with Gasteiger partial charge in [0, 0.05) is 43.8 Å². The van der Waals surface area contributed by atoms with Gasteiger partial charge in [-0.1, -0.05) is 12.1 Å². The molecule has 0 saturated carbocycles. The Morgan fingerprint density at radius 1 is 1.23 bits per heavy atom. The first-order valence-electron chi connectivity index (χ1n) is 9.96. The third kappa shape index (κ3) is 5.83. The molecular formula is C24H29N3O4. The number of Topliss-reactive ketones (excluding diaryl/α,β-unsaturated/α-hetero) is 1. The van der Waals surface area contributed by atoms with Crippen molar-refractivity contribution < 1.29 is 19.1 Å². The van der Waals surface area contributed by atoms with Crippen LogP contribution in [0, 0.1) is 25.2 Å². The predicted molar refractivity (Wildman–Crippen MR) is 120 cm³/mol. The summed E-state index contributed by atoms with van der Waals surface area (Å²) in [5.74, 6) is -1.14. The summed E-state index contributed by atoms with van der Waals surface area (Å²) >= 11 is 0. The van der Waals surface area contributed by atoms with Crippen molar-refractivity contribution in [2.45, 2.75) is 26.8 Å². The summed E-state index contributed by atoms with van der Waals surface area (Å²) in [6.45, 7) is 5.87. The summed E-state index contributed by atoms with van der Waals surface area (Å²) in [6, 6.07) is 11.1. The van der Waals surface area contributed by atoms with Gasteiger partial charge in [0.1, 0.15) is 11.6 Å². The predicted octanol–water partition coefficient (Wildman–Crippen LogP) is 3.71. The molecule has 0 aliphatic heterocycles. The van der Waals surface area contributed by atoms with Gasteiger partial charge in [-0.2, -0.15) is 5.26 Å². The van der Waals surface area contributed by atoms with Gasteiger partial charge in [-0.3, -0.25) is 4.79 Å². The van der Waals surface area contributed by atoms with E-state index in [-0.39, 0.29) is 17.4 Å². The zero-order chi connectivity index (χ0) is 23.1. The lowest BCUT2D eigenvalue weighted by Crippen LogP contribution is -2.17. The molecule has 7 nitrogen and oxygen atoms in total. The maximum atomic E-state index is 12.7. The van der Waals surface area contributed by atoms with Crippen LogP contribution in [0.4, 0.5) is 5.69 Å². The van der Waals surface area contributed by atoms with Gasteiger partial charge in [0.05, 0.1) is 12.6 Å². The third-order valence-corrected chi connectivity index (χ3v) is 5.03. The Morgan fingerprint density at radius 2 is 1.87 bits per heavy atom. The summed E-state index contributed by atoms with van der Waals surface area (Å²) in [5, 5.41) is 9.35. The van der Waals surface area contributed by atoms with Crippen molar-refractivity contribution in [1.82, 2.24) is 4.57 Å². The number of aromatic nitrogens is 1. The van der Waals surface area contributed by atoms with Gasteiger partial charge in [0.15, 0.2) is 6.61 Å². The van der Waals surface area contributed by atoms with Gasteiger partial charge in [-0.25, -0.2) is 4.79 Å². The molecule has 0 N–H and O–H groups in total.